The lowest BCUT2D eigenvalue weighted by Crippen LogP contribution is -2.22. The fourth-order valence-electron chi connectivity index (χ4n) is 2.06. The van der Waals surface area contributed by atoms with Crippen molar-refractivity contribution in [2.45, 2.75) is 31.7 Å². The third-order valence-corrected chi connectivity index (χ3v) is 4.16. The third-order valence-electron chi connectivity index (χ3n) is 3.34. The summed E-state index contributed by atoms with van der Waals surface area (Å²) in [5.74, 6) is -0.228. The quantitative estimate of drug-likeness (QED) is 0.838. The van der Waals surface area contributed by atoms with Crippen LogP contribution in [0, 0.1) is 5.82 Å². The number of H-pyrrole nitrogens is 1. The van der Waals surface area contributed by atoms with Crippen LogP contribution in [0.5, 0.6) is 0 Å². The van der Waals surface area contributed by atoms with E-state index in [0.29, 0.717) is 10.9 Å². The zero-order valence-corrected chi connectivity index (χ0v) is 13.1. The largest absolute Gasteiger partial charge is 0.328 e. The number of rotatable bonds is 6. The Hall–Kier alpha value is -1.53. The second-order valence-corrected chi connectivity index (χ2v) is 5.75. The van der Waals surface area contributed by atoms with Gasteiger partial charge in [0.05, 0.1) is 12.0 Å². The molecule has 0 spiro atoms. The van der Waals surface area contributed by atoms with Gasteiger partial charge in [-0.1, -0.05) is 12.1 Å². The SMILES string of the molecule is N[C@H](CCc1ccc(F)cc1)CCc1nc[nH]c(=O)c1Br. The maximum Gasteiger partial charge on any atom is 0.265 e. The van der Waals surface area contributed by atoms with Gasteiger partial charge in [0.2, 0.25) is 0 Å². The van der Waals surface area contributed by atoms with E-state index in [2.05, 4.69) is 25.9 Å². The van der Waals surface area contributed by atoms with Crippen LogP contribution in [0.15, 0.2) is 39.9 Å². The zero-order chi connectivity index (χ0) is 15.2. The number of halogens is 2. The first kappa shape index (κ1) is 15.9. The second kappa shape index (κ2) is 7.47. The maximum absolute atomic E-state index is 12.8. The van der Waals surface area contributed by atoms with Gasteiger partial charge in [0.25, 0.3) is 5.56 Å². The zero-order valence-electron chi connectivity index (χ0n) is 11.5. The van der Waals surface area contributed by atoms with Gasteiger partial charge in [-0.05, 0) is 59.3 Å². The number of hydrogen-bond donors (Lipinski definition) is 2. The van der Waals surface area contributed by atoms with Crippen molar-refractivity contribution in [3.8, 4) is 0 Å². The van der Waals surface area contributed by atoms with Gasteiger partial charge in [-0.2, -0.15) is 0 Å². The number of nitrogens with zero attached hydrogens (tertiary/aromatic N) is 1. The molecule has 2 aromatic rings. The third kappa shape index (κ3) is 4.75. The van der Waals surface area contributed by atoms with Crippen molar-refractivity contribution in [1.82, 2.24) is 9.97 Å². The van der Waals surface area contributed by atoms with E-state index in [4.69, 9.17) is 5.73 Å². The summed E-state index contributed by atoms with van der Waals surface area (Å²) in [5, 5.41) is 0. The molecule has 0 amide bonds. The smallest absolute Gasteiger partial charge is 0.265 e. The van der Waals surface area contributed by atoms with Crippen molar-refractivity contribution >= 4 is 15.9 Å². The summed E-state index contributed by atoms with van der Waals surface area (Å²) >= 11 is 3.23. The maximum atomic E-state index is 12.8. The van der Waals surface area contributed by atoms with Gasteiger partial charge in [-0.15, -0.1) is 0 Å². The van der Waals surface area contributed by atoms with E-state index in [9.17, 15) is 9.18 Å². The second-order valence-electron chi connectivity index (χ2n) is 4.96. The highest BCUT2D eigenvalue weighted by Crippen LogP contribution is 2.13. The Morgan fingerprint density at radius 3 is 2.62 bits per heavy atom. The summed E-state index contributed by atoms with van der Waals surface area (Å²) in [6.07, 6.45) is 4.41. The molecule has 0 saturated carbocycles. The molecule has 0 unspecified atom stereocenters. The molecule has 0 bridgehead atoms. The minimum absolute atomic E-state index is 0.0167. The lowest BCUT2D eigenvalue weighted by molar-refractivity contribution is 0.563. The van der Waals surface area contributed by atoms with Crippen molar-refractivity contribution in [2.24, 2.45) is 5.73 Å². The predicted molar refractivity (Wildman–Crippen MR) is 83.6 cm³/mol. The molecule has 0 radical (unpaired) electrons. The molecule has 21 heavy (non-hydrogen) atoms. The summed E-state index contributed by atoms with van der Waals surface area (Å²) in [6, 6.07) is 6.48. The van der Waals surface area contributed by atoms with Crippen LogP contribution in [0.1, 0.15) is 24.1 Å². The number of nitrogens with one attached hydrogen (secondary N) is 1. The molecule has 4 nitrogen and oxygen atoms in total. The van der Waals surface area contributed by atoms with Gasteiger partial charge >= 0.3 is 0 Å². The number of nitrogens with two attached hydrogens (primary N) is 1. The van der Waals surface area contributed by atoms with E-state index in [1.165, 1.54) is 18.5 Å². The van der Waals surface area contributed by atoms with E-state index in [1.54, 1.807) is 12.1 Å². The van der Waals surface area contributed by atoms with Crippen molar-refractivity contribution in [3.63, 3.8) is 0 Å². The van der Waals surface area contributed by atoms with Gasteiger partial charge in [0.15, 0.2) is 0 Å². The van der Waals surface area contributed by atoms with E-state index < -0.39 is 0 Å². The Morgan fingerprint density at radius 2 is 1.90 bits per heavy atom. The minimum Gasteiger partial charge on any atom is -0.328 e. The molecule has 0 aliphatic rings. The molecule has 0 aliphatic heterocycles. The Labute approximate surface area is 130 Å². The van der Waals surface area contributed by atoms with Crippen molar-refractivity contribution < 1.29 is 4.39 Å². The number of aromatic amines is 1. The van der Waals surface area contributed by atoms with Crippen LogP contribution in [0.3, 0.4) is 0 Å². The van der Waals surface area contributed by atoms with E-state index in [-0.39, 0.29) is 17.4 Å². The highest BCUT2D eigenvalue weighted by Gasteiger charge is 2.09. The molecule has 1 aromatic heterocycles. The van der Waals surface area contributed by atoms with Gasteiger partial charge in [-0.3, -0.25) is 4.79 Å². The van der Waals surface area contributed by atoms with Crippen LogP contribution in [0.4, 0.5) is 4.39 Å². The van der Waals surface area contributed by atoms with Crippen LogP contribution in [0.25, 0.3) is 0 Å². The lowest BCUT2D eigenvalue weighted by Gasteiger charge is -2.11. The van der Waals surface area contributed by atoms with Crippen LogP contribution in [-0.4, -0.2) is 16.0 Å². The van der Waals surface area contributed by atoms with Crippen molar-refractivity contribution in [3.05, 3.63) is 62.5 Å². The lowest BCUT2D eigenvalue weighted by atomic mass is 10.0. The Balaban J connectivity index is 1.82. The van der Waals surface area contributed by atoms with Crippen LogP contribution < -0.4 is 11.3 Å². The number of benzene rings is 1. The molecule has 6 heteroatoms. The average Bonchev–Trinajstić information content (AvgIpc) is 2.48. The Morgan fingerprint density at radius 1 is 1.24 bits per heavy atom. The Bertz CT molecular complexity index is 642. The van der Waals surface area contributed by atoms with Crippen LogP contribution in [-0.2, 0) is 12.8 Å². The van der Waals surface area contributed by atoms with Crippen LogP contribution in [0.2, 0.25) is 0 Å². The number of aryl methyl sites for hydroxylation is 2. The molecular weight excluding hydrogens is 337 g/mol. The average molecular weight is 354 g/mol. The molecular formula is C15H17BrFN3O. The predicted octanol–water partition coefficient (Wildman–Crippen LogP) is 2.56. The first-order valence-corrected chi connectivity index (χ1v) is 7.57. The summed E-state index contributed by atoms with van der Waals surface area (Å²) < 4.78 is 13.3. The first-order valence-electron chi connectivity index (χ1n) is 6.78. The molecule has 112 valence electrons. The van der Waals surface area contributed by atoms with Gasteiger partial charge < -0.3 is 10.7 Å². The fraction of sp³-hybridized carbons (Fsp3) is 0.333. The van der Waals surface area contributed by atoms with Gasteiger partial charge in [-0.25, -0.2) is 9.37 Å². The molecule has 2 rings (SSSR count). The van der Waals surface area contributed by atoms with Gasteiger partial charge in [0.1, 0.15) is 10.3 Å². The summed E-state index contributed by atoms with van der Waals surface area (Å²) in [5.41, 5.74) is 7.69. The first-order chi connectivity index (χ1) is 10.1. The summed E-state index contributed by atoms with van der Waals surface area (Å²) in [4.78, 5) is 18.1. The van der Waals surface area contributed by atoms with E-state index >= 15 is 0 Å². The molecule has 0 aliphatic carbocycles. The topological polar surface area (TPSA) is 71.8 Å². The van der Waals surface area contributed by atoms with Crippen molar-refractivity contribution in [1.29, 1.82) is 0 Å². The number of hydrogen-bond acceptors (Lipinski definition) is 3. The molecule has 0 saturated heterocycles. The summed E-state index contributed by atoms with van der Waals surface area (Å²) in [7, 11) is 0. The fourth-order valence-corrected chi connectivity index (χ4v) is 2.48. The highest BCUT2D eigenvalue weighted by atomic mass is 79.9. The van der Waals surface area contributed by atoms with Crippen LogP contribution >= 0.6 is 15.9 Å². The highest BCUT2D eigenvalue weighted by molar-refractivity contribution is 9.10. The minimum atomic E-state index is -0.228. The summed E-state index contributed by atoms with van der Waals surface area (Å²) in [6.45, 7) is 0. The molecule has 3 N–H and O–H groups in total. The monoisotopic (exact) mass is 353 g/mol. The molecule has 1 aromatic carbocycles. The normalized spacial score (nSPS) is 12.3. The molecule has 1 heterocycles. The van der Waals surface area contributed by atoms with Gasteiger partial charge in [0, 0.05) is 6.04 Å². The molecule has 1 atom stereocenters. The van der Waals surface area contributed by atoms with Crippen molar-refractivity contribution in [2.75, 3.05) is 0 Å². The van der Waals surface area contributed by atoms with E-state index in [1.807, 2.05) is 0 Å². The standard InChI is InChI=1S/C15H17BrFN3O/c16-14-13(19-9-20-15(14)21)8-7-12(18)6-3-10-1-4-11(17)5-2-10/h1-2,4-5,9,12H,3,6-8,18H2,(H,19,20,21)/t12-/m1/s1. The molecule has 0 fully saturated rings. The van der Waals surface area contributed by atoms with E-state index in [0.717, 1.165) is 30.5 Å². The Kier molecular flexibility index (Phi) is 5.64. The number of aromatic nitrogens is 2.